The molecule has 1 amide bonds. The minimum absolute atomic E-state index is 0.179. The largest absolute Gasteiger partial charge is 0.347 e. The van der Waals surface area contributed by atoms with Gasteiger partial charge in [0.15, 0.2) is 5.96 Å². The van der Waals surface area contributed by atoms with Crippen molar-refractivity contribution in [2.75, 3.05) is 39.8 Å². The topological polar surface area (TPSA) is 47.9 Å². The summed E-state index contributed by atoms with van der Waals surface area (Å²) in [5, 5.41) is 3.25. The molecule has 0 aromatic heterocycles. The van der Waals surface area contributed by atoms with Crippen molar-refractivity contribution < 1.29 is 4.79 Å². The summed E-state index contributed by atoms with van der Waals surface area (Å²) in [6.45, 7) is 3.86. The molecule has 0 aliphatic carbocycles. The average Bonchev–Trinajstić information content (AvgIpc) is 2.70. The predicted octanol–water partition coefficient (Wildman–Crippen LogP) is 2.36. The van der Waals surface area contributed by atoms with Crippen LogP contribution in [-0.2, 0) is 4.79 Å². The number of nitrogens with one attached hydrogen (secondary N) is 1. The molecule has 1 saturated heterocycles. The van der Waals surface area contributed by atoms with Crippen molar-refractivity contribution in [2.45, 2.75) is 25.7 Å². The normalized spacial score (nSPS) is 18.8. The lowest BCUT2D eigenvalue weighted by molar-refractivity contribution is -0.130. The second kappa shape index (κ2) is 8.70. The Balaban J connectivity index is 1.52. The summed E-state index contributed by atoms with van der Waals surface area (Å²) in [5.41, 5.74) is 2.68. The highest BCUT2D eigenvalue weighted by Gasteiger charge is 2.19. The first-order valence-electron chi connectivity index (χ1n) is 9.26. The molecule has 0 bridgehead atoms. The van der Waals surface area contributed by atoms with Gasteiger partial charge in [-0.3, -0.25) is 9.79 Å². The number of hydrogen-bond acceptors (Lipinski definition) is 2. The fourth-order valence-corrected chi connectivity index (χ4v) is 3.52. The van der Waals surface area contributed by atoms with Crippen LogP contribution in [0.3, 0.4) is 0 Å². The van der Waals surface area contributed by atoms with Crippen molar-refractivity contribution >= 4 is 17.4 Å². The van der Waals surface area contributed by atoms with Crippen LogP contribution in [0.4, 0.5) is 0 Å². The third kappa shape index (κ3) is 4.62. The third-order valence-electron chi connectivity index (χ3n) is 4.97. The molecule has 1 N–H and O–H groups in total. The van der Waals surface area contributed by atoms with Gasteiger partial charge in [-0.25, -0.2) is 0 Å². The van der Waals surface area contributed by atoms with E-state index in [4.69, 9.17) is 0 Å². The van der Waals surface area contributed by atoms with Crippen molar-refractivity contribution in [1.82, 2.24) is 15.1 Å². The van der Waals surface area contributed by atoms with Crippen molar-refractivity contribution in [1.29, 1.82) is 0 Å². The lowest BCUT2D eigenvalue weighted by atomic mass is 10.00. The van der Waals surface area contributed by atoms with Gasteiger partial charge in [0.1, 0.15) is 0 Å². The summed E-state index contributed by atoms with van der Waals surface area (Å²) in [6.07, 6.45) is 6.74. The first-order chi connectivity index (χ1) is 12.3. The lowest BCUT2D eigenvalue weighted by Gasteiger charge is -2.31. The minimum atomic E-state index is 0.179. The maximum absolute atomic E-state index is 12.3. The number of carbonyl (C=O) groups excluding carboxylic acids is 1. The number of piperidine rings is 1. The summed E-state index contributed by atoms with van der Waals surface area (Å²) >= 11 is 0. The molecule has 25 heavy (non-hydrogen) atoms. The van der Waals surface area contributed by atoms with Gasteiger partial charge in [0, 0.05) is 33.2 Å². The third-order valence-corrected chi connectivity index (χ3v) is 4.97. The van der Waals surface area contributed by atoms with Gasteiger partial charge in [-0.1, -0.05) is 36.4 Å². The fraction of sp³-hybridized carbons (Fsp3) is 0.500. The first kappa shape index (κ1) is 17.5. The van der Waals surface area contributed by atoms with Gasteiger partial charge < -0.3 is 15.1 Å². The van der Waals surface area contributed by atoms with Gasteiger partial charge in [-0.2, -0.15) is 0 Å². The first-order valence-corrected chi connectivity index (χ1v) is 9.26. The molecule has 0 atom stereocenters. The highest BCUT2D eigenvalue weighted by Crippen LogP contribution is 2.21. The molecule has 0 radical (unpaired) electrons. The molecule has 1 fully saturated rings. The molecule has 0 spiro atoms. The molecule has 5 nitrogen and oxygen atoms in total. The number of guanidine groups is 1. The Hall–Kier alpha value is -2.30. The van der Waals surface area contributed by atoms with E-state index in [1.807, 2.05) is 11.0 Å². The van der Waals surface area contributed by atoms with Crippen molar-refractivity contribution in [2.24, 2.45) is 4.99 Å². The summed E-state index contributed by atoms with van der Waals surface area (Å²) in [7, 11) is 1.78. The molecule has 2 aliphatic rings. The van der Waals surface area contributed by atoms with Gasteiger partial charge in [0.2, 0.25) is 5.91 Å². The van der Waals surface area contributed by atoms with Crippen LogP contribution in [0, 0.1) is 0 Å². The number of hydrogen-bond donors (Lipinski definition) is 1. The zero-order chi connectivity index (χ0) is 17.5. The Kier molecular flexibility index (Phi) is 6.09. The second-order valence-corrected chi connectivity index (χ2v) is 6.63. The maximum atomic E-state index is 12.3. The number of amides is 1. The van der Waals surface area contributed by atoms with Crippen LogP contribution >= 0.6 is 0 Å². The number of nitrogens with zero attached hydrogens (tertiary/aromatic N) is 3. The Morgan fingerprint density at radius 1 is 1.08 bits per heavy atom. The summed E-state index contributed by atoms with van der Waals surface area (Å²) in [6, 6.07) is 10.5. The van der Waals surface area contributed by atoms with Gasteiger partial charge in [-0.15, -0.1) is 0 Å². The van der Waals surface area contributed by atoms with E-state index >= 15 is 0 Å². The van der Waals surface area contributed by atoms with Crippen LogP contribution in [0.15, 0.2) is 41.4 Å². The highest BCUT2D eigenvalue weighted by molar-refractivity contribution is 5.87. The van der Waals surface area contributed by atoms with Gasteiger partial charge >= 0.3 is 0 Å². The fourth-order valence-electron chi connectivity index (χ4n) is 3.52. The predicted molar refractivity (Wildman–Crippen MR) is 102 cm³/mol. The van der Waals surface area contributed by atoms with Crippen LogP contribution in [0.25, 0.3) is 5.57 Å². The number of carbonyl (C=O) groups is 1. The summed E-state index contributed by atoms with van der Waals surface area (Å²) in [5.74, 6) is 0.993. The van der Waals surface area contributed by atoms with Crippen molar-refractivity contribution in [3.05, 3.63) is 42.0 Å². The Morgan fingerprint density at radius 2 is 1.84 bits per heavy atom. The minimum Gasteiger partial charge on any atom is -0.347 e. The smallest absolute Gasteiger partial charge is 0.241 e. The monoisotopic (exact) mass is 340 g/mol. The van der Waals surface area contributed by atoms with E-state index in [2.05, 4.69) is 45.6 Å². The van der Waals surface area contributed by atoms with Crippen LogP contribution < -0.4 is 5.32 Å². The molecule has 0 saturated carbocycles. The molecule has 1 aromatic rings. The Morgan fingerprint density at radius 3 is 2.48 bits per heavy atom. The molecule has 2 aliphatic heterocycles. The highest BCUT2D eigenvalue weighted by atomic mass is 16.2. The standard InChI is InChI=1S/C20H28N4O/c1-21-20(22-16-19(25)23-12-6-3-7-13-23)24-14-10-18(11-15-24)17-8-4-2-5-9-17/h2,4-5,8-10H,3,6-7,11-16H2,1H3,(H,21,22). The molecule has 0 unspecified atom stereocenters. The van der Waals surface area contributed by atoms with Crippen LogP contribution in [0.2, 0.25) is 0 Å². The van der Waals surface area contributed by atoms with E-state index in [0.29, 0.717) is 6.54 Å². The second-order valence-electron chi connectivity index (χ2n) is 6.63. The van der Waals surface area contributed by atoms with Crippen LogP contribution in [-0.4, -0.2) is 61.4 Å². The van der Waals surface area contributed by atoms with E-state index in [1.165, 1.54) is 17.6 Å². The Bertz CT molecular complexity index is 632. The lowest BCUT2D eigenvalue weighted by Crippen LogP contribution is -2.48. The van der Waals surface area contributed by atoms with Gasteiger partial charge in [-0.05, 0) is 36.8 Å². The van der Waals surface area contributed by atoms with Gasteiger partial charge in [0.05, 0.1) is 6.54 Å². The number of likely N-dealkylation sites (tertiary alicyclic amines) is 1. The van der Waals surface area contributed by atoms with E-state index < -0.39 is 0 Å². The maximum Gasteiger partial charge on any atom is 0.241 e. The molecule has 134 valence electrons. The number of benzene rings is 1. The molecule has 3 rings (SSSR count). The summed E-state index contributed by atoms with van der Waals surface area (Å²) < 4.78 is 0. The molecular weight excluding hydrogens is 312 g/mol. The number of aliphatic imine (C=N–C) groups is 1. The molecule has 5 heteroatoms. The van der Waals surface area contributed by atoms with Crippen molar-refractivity contribution in [3.63, 3.8) is 0 Å². The Labute approximate surface area is 150 Å². The zero-order valence-corrected chi connectivity index (χ0v) is 15.1. The van der Waals surface area contributed by atoms with Crippen LogP contribution in [0.5, 0.6) is 0 Å². The quantitative estimate of drug-likeness (QED) is 0.679. The van der Waals surface area contributed by atoms with E-state index in [1.54, 1.807) is 7.05 Å². The van der Waals surface area contributed by atoms with Crippen molar-refractivity contribution in [3.8, 4) is 0 Å². The molecular formula is C20H28N4O. The number of rotatable bonds is 3. The van der Waals surface area contributed by atoms with E-state index in [-0.39, 0.29) is 5.91 Å². The molecule has 1 aromatic carbocycles. The van der Waals surface area contributed by atoms with Gasteiger partial charge in [0.25, 0.3) is 0 Å². The van der Waals surface area contributed by atoms with E-state index in [9.17, 15) is 4.79 Å². The van der Waals surface area contributed by atoms with E-state index in [0.717, 1.165) is 51.4 Å². The SMILES string of the molecule is CN=C(NCC(=O)N1CCCCC1)N1CC=C(c2ccccc2)CC1. The summed E-state index contributed by atoms with van der Waals surface area (Å²) in [4.78, 5) is 20.8. The molecule has 2 heterocycles. The zero-order valence-electron chi connectivity index (χ0n) is 15.1. The van der Waals surface area contributed by atoms with Crippen LogP contribution in [0.1, 0.15) is 31.2 Å². The average molecular weight is 340 g/mol.